The first-order chi connectivity index (χ1) is 8.63. The summed E-state index contributed by atoms with van der Waals surface area (Å²) in [6, 6.07) is 0.546. The fourth-order valence-corrected chi connectivity index (χ4v) is 3.41. The Bertz CT molecular complexity index is 458. The van der Waals surface area contributed by atoms with Gasteiger partial charge in [-0.2, -0.15) is 11.8 Å². The van der Waals surface area contributed by atoms with Crippen LogP contribution in [-0.4, -0.2) is 27.1 Å². The molecule has 2 atom stereocenters. The molecule has 5 heteroatoms. The molecule has 2 rings (SSSR count). The quantitative estimate of drug-likeness (QED) is 0.910. The topological polar surface area (TPSA) is 46.9 Å². The van der Waals surface area contributed by atoms with Crippen molar-refractivity contribution in [3.8, 4) is 0 Å². The molecule has 4 nitrogen and oxygen atoms in total. The maximum absolute atomic E-state index is 12.2. The highest BCUT2D eigenvalue weighted by atomic mass is 32.2. The average molecular weight is 267 g/mol. The molecule has 1 saturated carbocycles. The van der Waals surface area contributed by atoms with Crippen LogP contribution in [0.25, 0.3) is 0 Å². The fourth-order valence-electron chi connectivity index (χ4n) is 2.48. The highest BCUT2D eigenvalue weighted by Gasteiger charge is 2.27. The highest BCUT2D eigenvalue weighted by molar-refractivity contribution is 7.99. The van der Waals surface area contributed by atoms with E-state index in [0.29, 0.717) is 17.1 Å². The van der Waals surface area contributed by atoms with Crippen molar-refractivity contribution in [2.24, 2.45) is 0 Å². The van der Waals surface area contributed by atoms with Crippen LogP contribution < -0.4 is 10.9 Å². The third-order valence-electron chi connectivity index (χ3n) is 3.50. The lowest BCUT2D eigenvalue weighted by molar-refractivity contribution is 0.573. The molecule has 0 radical (unpaired) electrons. The highest BCUT2D eigenvalue weighted by Crippen LogP contribution is 2.29. The number of rotatable bonds is 4. The Labute approximate surface area is 112 Å². The number of anilines is 1. The molecule has 0 amide bonds. The van der Waals surface area contributed by atoms with E-state index in [-0.39, 0.29) is 11.6 Å². The van der Waals surface area contributed by atoms with E-state index in [0.717, 1.165) is 6.42 Å². The second kappa shape index (κ2) is 5.78. The predicted octanol–water partition coefficient (Wildman–Crippen LogP) is 2.52. The summed E-state index contributed by atoms with van der Waals surface area (Å²) in [7, 11) is 0. The van der Waals surface area contributed by atoms with Crippen molar-refractivity contribution in [3.05, 3.63) is 22.7 Å². The van der Waals surface area contributed by atoms with Gasteiger partial charge in [-0.3, -0.25) is 4.79 Å². The Morgan fingerprint density at radius 1 is 1.50 bits per heavy atom. The molecule has 1 aromatic heterocycles. The minimum Gasteiger partial charge on any atom is -0.362 e. The molecule has 0 aliphatic heterocycles. The molecule has 1 fully saturated rings. The van der Waals surface area contributed by atoms with Gasteiger partial charge in [-0.1, -0.05) is 6.42 Å². The van der Waals surface area contributed by atoms with Gasteiger partial charge in [0, 0.05) is 29.7 Å². The van der Waals surface area contributed by atoms with Crippen LogP contribution in [0.15, 0.2) is 17.2 Å². The van der Waals surface area contributed by atoms with Gasteiger partial charge in [-0.15, -0.1) is 0 Å². The molecular weight excluding hydrogens is 246 g/mol. The Hall–Kier alpha value is -0.970. The lowest BCUT2D eigenvalue weighted by Gasteiger charge is -2.20. The lowest BCUT2D eigenvalue weighted by atomic mass is 10.2. The third kappa shape index (κ3) is 2.71. The summed E-state index contributed by atoms with van der Waals surface area (Å²) < 4.78 is 1.72. The number of aromatic nitrogens is 2. The van der Waals surface area contributed by atoms with Crippen molar-refractivity contribution >= 4 is 17.6 Å². The van der Waals surface area contributed by atoms with Crippen LogP contribution in [0.2, 0.25) is 0 Å². The number of nitrogens with zero attached hydrogens (tertiary/aromatic N) is 2. The molecule has 100 valence electrons. The zero-order valence-corrected chi connectivity index (χ0v) is 12.0. The largest absolute Gasteiger partial charge is 0.362 e. The van der Waals surface area contributed by atoms with Gasteiger partial charge in [0.15, 0.2) is 5.82 Å². The zero-order chi connectivity index (χ0) is 13.1. The van der Waals surface area contributed by atoms with Crippen molar-refractivity contribution in [1.29, 1.82) is 0 Å². The van der Waals surface area contributed by atoms with Crippen molar-refractivity contribution < 1.29 is 0 Å². The van der Waals surface area contributed by atoms with Gasteiger partial charge in [0.25, 0.3) is 5.56 Å². The Kier molecular flexibility index (Phi) is 4.32. The average Bonchev–Trinajstić information content (AvgIpc) is 2.78. The number of hydrogen-bond acceptors (Lipinski definition) is 4. The molecule has 1 aliphatic carbocycles. The first kappa shape index (κ1) is 13.5. The minimum atomic E-state index is -0.0146. The van der Waals surface area contributed by atoms with E-state index in [1.165, 1.54) is 12.8 Å². The lowest BCUT2D eigenvalue weighted by Crippen LogP contribution is -2.32. The van der Waals surface area contributed by atoms with Crippen LogP contribution in [0.5, 0.6) is 0 Å². The second-order valence-corrected chi connectivity index (χ2v) is 6.11. The normalized spacial score (nSPS) is 23.6. The van der Waals surface area contributed by atoms with Crippen molar-refractivity contribution in [1.82, 2.24) is 9.55 Å². The molecule has 1 aliphatic rings. The Morgan fingerprint density at radius 3 is 2.94 bits per heavy atom. The summed E-state index contributed by atoms with van der Waals surface area (Å²) in [5, 5.41) is 3.94. The molecule has 0 spiro atoms. The van der Waals surface area contributed by atoms with Crippen LogP contribution in [0.3, 0.4) is 0 Å². The zero-order valence-electron chi connectivity index (χ0n) is 11.2. The summed E-state index contributed by atoms with van der Waals surface area (Å²) in [5.74, 6) is 0.497. The Balaban J connectivity index is 2.19. The van der Waals surface area contributed by atoms with Gasteiger partial charge in [-0.05, 0) is 32.9 Å². The van der Waals surface area contributed by atoms with Gasteiger partial charge in [0.05, 0.1) is 0 Å². The summed E-state index contributed by atoms with van der Waals surface area (Å²) in [6.07, 6.45) is 9.17. The monoisotopic (exact) mass is 267 g/mol. The van der Waals surface area contributed by atoms with Crippen molar-refractivity contribution in [3.63, 3.8) is 0 Å². The van der Waals surface area contributed by atoms with Crippen LogP contribution in [0.1, 0.15) is 39.2 Å². The molecule has 0 saturated heterocycles. The van der Waals surface area contributed by atoms with Gasteiger partial charge in [0.1, 0.15) is 0 Å². The summed E-state index contributed by atoms with van der Waals surface area (Å²) in [4.78, 5) is 16.4. The summed E-state index contributed by atoms with van der Waals surface area (Å²) in [6.45, 7) is 4.01. The van der Waals surface area contributed by atoms with E-state index in [1.807, 2.05) is 25.6 Å². The van der Waals surface area contributed by atoms with E-state index in [4.69, 9.17) is 0 Å². The molecule has 0 bridgehead atoms. The molecule has 1 heterocycles. The molecule has 1 N–H and O–H groups in total. The van der Waals surface area contributed by atoms with E-state index >= 15 is 0 Å². The maximum atomic E-state index is 12.2. The number of thioether (sulfide) groups is 1. The fraction of sp³-hybridized carbons (Fsp3) is 0.692. The third-order valence-corrected chi connectivity index (χ3v) is 4.67. The molecule has 18 heavy (non-hydrogen) atoms. The van der Waals surface area contributed by atoms with Crippen molar-refractivity contribution in [2.75, 3.05) is 11.6 Å². The standard InChI is InChI=1S/C13H21N3OS/c1-9(2)16-8-7-14-12(13(16)17)15-10-5-4-6-11(10)18-3/h7-11H,4-6H2,1-3H3,(H,14,15). The van der Waals surface area contributed by atoms with Crippen LogP contribution in [-0.2, 0) is 0 Å². The first-order valence-corrected chi connectivity index (χ1v) is 7.78. The van der Waals surface area contributed by atoms with Crippen molar-refractivity contribution in [2.45, 2.75) is 50.4 Å². The molecular formula is C13H21N3OS. The molecule has 0 aromatic carbocycles. The van der Waals surface area contributed by atoms with Crippen LogP contribution >= 0.6 is 11.8 Å². The number of hydrogen-bond donors (Lipinski definition) is 1. The molecule has 1 aromatic rings. The van der Waals surface area contributed by atoms with E-state index in [1.54, 1.807) is 17.0 Å². The van der Waals surface area contributed by atoms with Gasteiger partial charge < -0.3 is 9.88 Å². The van der Waals surface area contributed by atoms with Gasteiger partial charge >= 0.3 is 0 Å². The van der Waals surface area contributed by atoms with Crippen LogP contribution in [0, 0.1) is 0 Å². The maximum Gasteiger partial charge on any atom is 0.293 e. The van der Waals surface area contributed by atoms with E-state index < -0.39 is 0 Å². The smallest absolute Gasteiger partial charge is 0.293 e. The van der Waals surface area contributed by atoms with E-state index in [9.17, 15) is 4.79 Å². The molecule has 2 unspecified atom stereocenters. The first-order valence-electron chi connectivity index (χ1n) is 6.50. The number of nitrogens with one attached hydrogen (secondary N) is 1. The second-order valence-electron chi connectivity index (χ2n) is 5.04. The summed E-state index contributed by atoms with van der Waals surface area (Å²) >= 11 is 1.88. The predicted molar refractivity (Wildman–Crippen MR) is 77.4 cm³/mol. The SMILES string of the molecule is CSC1CCCC1Nc1nccn(C(C)C)c1=O. The van der Waals surface area contributed by atoms with Crippen LogP contribution in [0.4, 0.5) is 5.82 Å². The van der Waals surface area contributed by atoms with Gasteiger partial charge in [-0.25, -0.2) is 4.98 Å². The van der Waals surface area contributed by atoms with E-state index in [2.05, 4.69) is 16.6 Å². The minimum absolute atomic E-state index is 0.0146. The Morgan fingerprint density at radius 2 is 2.28 bits per heavy atom. The summed E-state index contributed by atoms with van der Waals surface area (Å²) in [5.41, 5.74) is -0.0146. The van der Waals surface area contributed by atoms with Gasteiger partial charge in [0.2, 0.25) is 0 Å².